The van der Waals surface area contributed by atoms with Crippen molar-refractivity contribution in [3.63, 3.8) is 0 Å². The van der Waals surface area contributed by atoms with Gasteiger partial charge in [-0.1, -0.05) is 24.3 Å². The summed E-state index contributed by atoms with van der Waals surface area (Å²) in [4.78, 5) is 21.8. The van der Waals surface area contributed by atoms with Crippen molar-refractivity contribution in [2.24, 2.45) is 0 Å². The molecule has 1 heterocycles. The number of anilines is 1. The van der Waals surface area contributed by atoms with Crippen molar-refractivity contribution in [2.75, 3.05) is 5.32 Å². The molecule has 20 heavy (non-hydrogen) atoms. The van der Waals surface area contributed by atoms with Crippen molar-refractivity contribution >= 4 is 17.4 Å². The van der Waals surface area contributed by atoms with E-state index >= 15 is 0 Å². The van der Waals surface area contributed by atoms with Crippen LogP contribution in [0.2, 0.25) is 0 Å². The summed E-state index contributed by atoms with van der Waals surface area (Å²) in [7, 11) is 0. The quantitative estimate of drug-likeness (QED) is 0.723. The maximum atomic E-state index is 11.0. The number of nitrogens with one attached hydrogen (secondary N) is 1. The Morgan fingerprint density at radius 3 is 2.25 bits per heavy atom. The second-order valence-electron chi connectivity index (χ2n) is 4.55. The van der Waals surface area contributed by atoms with E-state index in [0.29, 0.717) is 17.0 Å². The van der Waals surface area contributed by atoms with Crippen LogP contribution in [0.3, 0.4) is 0 Å². The maximum absolute atomic E-state index is 11.0. The Bertz CT molecular complexity index is 657. The second kappa shape index (κ2) is 5.57. The van der Waals surface area contributed by atoms with Crippen molar-refractivity contribution in [2.45, 2.75) is 13.8 Å². The van der Waals surface area contributed by atoms with Crippen LogP contribution in [0.5, 0.6) is 5.75 Å². The molecule has 2 N–H and O–H groups in total. The van der Waals surface area contributed by atoms with Gasteiger partial charge in [0.1, 0.15) is 5.75 Å². The molecule has 1 amide bonds. The monoisotopic (exact) mass is 269 g/mol. The van der Waals surface area contributed by atoms with Gasteiger partial charge in [0.15, 0.2) is 0 Å². The number of aromatic hydroxyl groups is 1. The molecule has 0 spiro atoms. The van der Waals surface area contributed by atoms with Gasteiger partial charge in [0.05, 0.1) is 11.3 Å². The minimum atomic E-state index is -0.536. The van der Waals surface area contributed by atoms with Crippen LogP contribution in [-0.4, -0.2) is 16.8 Å². The molecule has 1 aliphatic heterocycles. The molecule has 4 nitrogen and oxygen atoms in total. The summed E-state index contributed by atoms with van der Waals surface area (Å²) in [5.74, 6) is -0.596. The molecule has 2 aromatic carbocycles. The summed E-state index contributed by atoms with van der Waals surface area (Å²) in [6, 6.07) is 12.4. The number of carbonyl (C=O) groups is 2. The highest BCUT2D eigenvalue weighted by atomic mass is 16.3. The van der Waals surface area contributed by atoms with Crippen LogP contribution in [-0.2, 0) is 4.79 Å². The lowest BCUT2D eigenvalue weighted by atomic mass is 10.1. The fourth-order valence-corrected chi connectivity index (χ4v) is 1.83. The Labute approximate surface area is 117 Å². The van der Waals surface area contributed by atoms with Crippen LogP contribution in [0.15, 0.2) is 42.5 Å². The van der Waals surface area contributed by atoms with Gasteiger partial charge < -0.3 is 10.4 Å². The van der Waals surface area contributed by atoms with Crippen molar-refractivity contribution < 1.29 is 14.7 Å². The lowest BCUT2D eigenvalue weighted by Crippen LogP contribution is -2.12. The number of hydrogen-bond acceptors (Lipinski definition) is 3. The van der Waals surface area contributed by atoms with E-state index in [-0.39, 0.29) is 0 Å². The second-order valence-corrected chi connectivity index (χ2v) is 4.55. The zero-order chi connectivity index (χ0) is 14.7. The van der Waals surface area contributed by atoms with Crippen LogP contribution in [0.4, 0.5) is 5.69 Å². The first-order chi connectivity index (χ1) is 9.50. The van der Waals surface area contributed by atoms with Crippen LogP contribution in [0, 0.1) is 13.8 Å². The number of ketones is 1. The normalized spacial score (nSPS) is 12.3. The number of rotatable bonds is 0. The van der Waals surface area contributed by atoms with Crippen molar-refractivity contribution in [1.82, 2.24) is 0 Å². The number of amides is 1. The van der Waals surface area contributed by atoms with E-state index in [1.54, 1.807) is 30.3 Å². The van der Waals surface area contributed by atoms with Gasteiger partial charge >= 0.3 is 0 Å². The molecule has 0 unspecified atom stereocenters. The molecule has 1 aliphatic rings. The molecule has 0 radical (unpaired) electrons. The lowest BCUT2D eigenvalue weighted by molar-refractivity contribution is -0.112. The van der Waals surface area contributed by atoms with Gasteiger partial charge in [-0.2, -0.15) is 0 Å². The van der Waals surface area contributed by atoms with Crippen LogP contribution in [0.25, 0.3) is 0 Å². The molecule has 0 bridgehead atoms. The van der Waals surface area contributed by atoms with Crippen LogP contribution >= 0.6 is 0 Å². The van der Waals surface area contributed by atoms with Crippen molar-refractivity contribution in [3.05, 3.63) is 59.2 Å². The predicted octanol–water partition coefficient (Wildman–Crippen LogP) is 2.83. The van der Waals surface area contributed by atoms with E-state index in [0.717, 1.165) is 11.1 Å². The molecule has 0 aliphatic carbocycles. The number of aryl methyl sites for hydroxylation is 1. The zero-order valence-electron chi connectivity index (χ0n) is 11.3. The number of benzene rings is 2. The Kier molecular flexibility index (Phi) is 3.84. The first kappa shape index (κ1) is 13.8. The number of carbonyl (C=O) groups excluding carboxylic acids is 2. The van der Waals surface area contributed by atoms with Crippen LogP contribution in [0.1, 0.15) is 21.5 Å². The largest absolute Gasteiger partial charge is 0.508 e. The molecule has 0 fully saturated rings. The first-order valence-corrected chi connectivity index (χ1v) is 6.20. The third kappa shape index (κ3) is 2.69. The van der Waals surface area contributed by atoms with E-state index in [1.807, 2.05) is 26.0 Å². The third-order valence-electron chi connectivity index (χ3n) is 3.20. The van der Waals surface area contributed by atoms with E-state index in [4.69, 9.17) is 5.11 Å². The summed E-state index contributed by atoms with van der Waals surface area (Å²) in [6.07, 6.45) is 0. The summed E-state index contributed by atoms with van der Waals surface area (Å²) in [5.41, 5.74) is 3.19. The fourth-order valence-electron chi connectivity index (χ4n) is 1.83. The molecular formula is C16H15NO3. The number of fused-ring (bicyclic) bond motifs is 1. The fraction of sp³-hybridized carbons (Fsp3) is 0.125. The predicted molar refractivity (Wildman–Crippen MR) is 77.0 cm³/mol. The molecule has 0 saturated carbocycles. The standard InChI is InChI=1S/C8H5NO2.C8H10O/c10-7-5-3-1-2-4-6(5)9-8(7)11;1-6-4-3-5-8(9)7(6)2/h1-4H,(H,9,10,11);3-5,9H,1-2H3. The smallest absolute Gasteiger partial charge is 0.296 e. The highest BCUT2D eigenvalue weighted by molar-refractivity contribution is 6.51. The number of phenols is 1. The highest BCUT2D eigenvalue weighted by Crippen LogP contribution is 2.21. The first-order valence-electron chi connectivity index (χ1n) is 6.20. The van der Waals surface area contributed by atoms with E-state index < -0.39 is 11.7 Å². The van der Waals surface area contributed by atoms with Crippen molar-refractivity contribution in [3.8, 4) is 5.75 Å². The third-order valence-corrected chi connectivity index (χ3v) is 3.20. The Balaban J connectivity index is 0.000000151. The van der Waals surface area contributed by atoms with Crippen LogP contribution < -0.4 is 5.32 Å². The summed E-state index contributed by atoms with van der Waals surface area (Å²) in [5, 5.41) is 11.6. The summed E-state index contributed by atoms with van der Waals surface area (Å²) < 4.78 is 0. The van der Waals surface area contributed by atoms with E-state index in [1.165, 1.54) is 0 Å². The van der Waals surface area contributed by atoms with E-state index in [2.05, 4.69) is 5.32 Å². The minimum Gasteiger partial charge on any atom is -0.508 e. The molecule has 102 valence electrons. The van der Waals surface area contributed by atoms with Gasteiger partial charge in [-0.3, -0.25) is 9.59 Å². The number of phenolic OH excluding ortho intramolecular Hbond substituents is 1. The molecule has 2 aromatic rings. The average Bonchev–Trinajstić information content (AvgIpc) is 2.73. The van der Waals surface area contributed by atoms with Gasteiger partial charge in [0, 0.05) is 0 Å². The molecule has 4 heteroatoms. The molecule has 0 saturated heterocycles. The molecule has 3 rings (SSSR count). The lowest BCUT2D eigenvalue weighted by Gasteiger charge is -1.99. The highest BCUT2D eigenvalue weighted by Gasteiger charge is 2.26. The van der Waals surface area contributed by atoms with Gasteiger partial charge in [-0.25, -0.2) is 0 Å². The Hall–Kier alpha value is -2.62. The Morgan fingerprint density at radius 1 is 0.950 bits per heavy atom. The SMILES string of the molecule is Cc1cccc(O)c1C.O=C1Nc2ccccc2C1=O. The average molecular weight is 269 g/mol. The molecule has 0 aromatic heterocycles. The summed E-state index contributed by atoms with van der Waals surface area (Å²) in [6.45, 7) is 3.89. The van der Waals surface area contributed by atoms with Gasteiger partial charge in [-0.15, -0.1) is 0 Å². The summed E-state index contributed by atoms with van der Waals surface area (Å²) >= 11 is 0. The topological polar surface area (TPSA) is 66.4 Å². The molecule has 0 atom stereocenters. The van der Waals surface area contributed by atoms with E-state index in [9.17, 15) is 9.59 Å². The molecular weight excluding hydrogens is 254 g/mol. The maximum Gasteiger partial charge on any atom is 0.296 e. The zero-order valence-corrected chi connectivity index (χ0v) is 11.3. The minimum absolute atomic E-state index is 0.384. The number of para-hydroxylation sites is 1. The number of Topliss-reactive ketones (excluding diaryl/α,β-unsaturated/α-hetero) is 1. The van der Waals surface area contributed by atoms with Crippen molar-refractivity contribution in [1.29, 1.82) is 0 Å². The number of hydrogen-bond donors (Lipinski definition) is 2. The van der Waals surface area contributed by atoms with Gasteiger partial charge in [0.2, 0.25) is 0 Å². The van der Waals surface area contributed by atoms with Gasteiger partial charge in [-0.05, 0) is 43.2 Å². The Morgan fingerprint density at radius 2 is 1.65 bits per heavy atom. The van der Waals surface area contributed by atoms with Gasteiger partial charge in [0.25, 0.3) is 11.7 Å².